The van der Waals surface area contributed by atoms with Crippen LogP contribution < -0.4 is 5.73 Å². The van der Waals surface area contributed by atoms with E-state index in [1.54, 1.807) is 33.3 Å². The van der Waals surface area contributed by atoms with Crippen molar-refractivity contribution < 1.29 is 278 Å². The van der Waals surface area contributed by atoms with Gasteiger partial charge in [-0.05, 0) is 91.8 Å². The number of aldehydes is 1. The second-order valence-corrected chi connectivity index (χ2v) is 10.7. The van der Waals surface area contributed by atoms with Crippen LogP contribution in [0.3, 0.4) is 0 Å². The fourth-order valence-electron chi connectivity index (χ4n) is 3.13. The van der Waals surface area contributed by atoms with Crippen LogP contribution >= 0.6 is 0 Å². The van der Waals surface area contributed by atoms with Gasteiger partial charge in [0.05, 0.1) is 5.69 Å². The van der Waals surface area contributed by atoms with Crippen LogP contribution in [0.15, 0.2) is 95.6 Å². The molecule has 0 saturated heterocycles. The van der Waals surface area contributed by atoms with E-state index in [9.17, 15) is 9.59 Å². The average molecular weight is 2230 g/mol. The molecule has 0 aliphatic heterocycles. The molecule has 0 aliphatic rings. The summed E-state index contributed by atoms with van der Waals surface area (Å²) in [6.07, 6.45) is 27.2. The van der Waals surface area contributed by atoms with Gasteiger partial charge in [-0.2, -0.15) is 0 Å². The Morgan fingerprint density at radius 3 is 1.33 bits per heavy atom. The van der Waals surface area contributed by atoms with Gasteiger partial charge in [0.1, 0.15) is 35.2 Å². The zero-order chi connectivity index (χ0) is 40.3. The summed E-state index contributed by atoms with van der Waals surface area (Å²) in [6.45, 7) is 19.1. The van der Waals surface area contributed by atoms with E-state index in [0.717, 1.165) is 35.0 Å². The predicted octanol–water partition coefficient (Wildman–Crippen LogP) is 13.1. The normalized spacial score (nSPS) is 7.81. The molecule has 0 atom stereocenters. The maximum atomic E-state index is 9.81. The number of rotatable bonds is 6. The topological polar surface area (TPSA) is 138 Å². The molecule has 4 aromatic rings. The third-order valence-electron chi connectivity index (χ3n) is 6.25. The molecule has 0 aliphatic carbocycles. The Labute approximate surface area is 646 Å². The van der Waals surface area contributed by atoms with Crippen LogP contribution in [-0.4, -0.2) is 66.2 Å². The molecule has 0 fully saturated rings. The van der Waals surface area contributed by atoms with E-state index >= 15 is 0 Å². The van der Waals surface area contributed by atoms with E-state index in [4.69, 9.17) is 5.73 Å². The second kappa shape index (κ2) is 110. The van der Waals surface area contributed by atoms with Crippen molar-refractivity contribution in [3.05, 3.63) is 183 Å². The van der Waals surface area contributed by atoms with Crippen LogP contribution in [0.2, 0.25) is 0 Å². The number of Topliss-reactive ketones (excluding diaryl/α,β-unsaturated/α-hetero) is 1. The van der Waals surface area contributed by atoms with Crippen LogP contribution in [0.1, 0.15) is 91.3 Å². The molecule has 4 aromatic heterocycles. The van der Waals surface area contributed by atoms with Crippen molar-refractivity contribution in [3.63, 3.8) is 0 Å². The summed E-state index contributed by atoms with van der Waals surface area (Å²) < 4.78 is 6.04. The van der Waals surface area contributed by atoms with Crippen LogP contribution in [0.5, 0.6) is 0 Å². The number of imidazole rings is 3. The number of aliphatic imine (C=N–C) groups is 2. The Kier molecular flexibility index (Phi) is 232. The van der Waals surface area contributed by atoms with Crippen LogP contribution in [-0.2, 0) is 293 Å². The van der Waals surface area contributed by atoms with Crippen molar-refractivity contribution in [3.8, 4) is 0 Å². The van der Waals surface area contributed by atoms with Crippen LogP contribution in [0.25, 0.3) is 17.8 Å². The molecular formula is C51H95N9O2W5Y5. The SMILES string of the molecule is C/C=C\C(C)=NC.C/C=C\C(N)=NC.C/C=C\c1ncc(C)n1C.C/C=C\c1nccn1C.CCC(C)=O.CCC=O.Cc1cn2ccccc2n1.[CH3-].[CH3-].[CH3-].[CH3-].[CH3-].[CH3-].[CH3-].[CH3-].[CH3-].[CH3-].[W+2].[W+2].[W+2].[W+2].[W+2].[Y].[Y].[Y].[Y].[Y]. The number of ketones is 1. The number of carbonyl (C=O) groups excluding carboxylic acids is 2. The van der Waals surface area contributed by atoms with Crippen molar-refractivity contribution >= 4 is 41.4 Å². The van der Waals surface area contributed by atoms with Crippen LogP contribution in [0, 0.1) is 88.1 Å². The number of allylic oxidation sites excluding steroid dienone is 5. The summed E-state index contributed by atoms with van der Waals surface area (Å²) >= 11 is 0. The molecule has 21 heteroatoms. The predicted molar refractivity (Wildman–Crippen MR) is 288 cm³/mol. The quantitative estimate of drug-likeness (QED) is 0.0883. The monoisotopic (exact) mass is 2230 g/mol. The van der Waals surface area contributed by atoms with Gasteiger partial charge < -0.3 is 103 Å². The molecular weight excluding hydrogens is 2130 g/mol. The summed E-state index contributed by atoms with van der Waals surface area (Å²) in [5, 5.41) is 0. The van der Waals surface area contributed by atoms with E-state index < -0.39 is 0 Å². The molecule has 0 aromatic carbocycles. The molecule has 0 amide bonds. The largest absolute Gasteiger partial charge is 2.00 e. The van der Waals surface area contributed by atoms with Crippen LogP contribution in [0.4, 0.5) is 0 Å². The smallest absolute Gasteiger partial charge is 0.384 e. The molecule has 0 spiro atoms. The van der Waals surface area contributed by atoms with E-state index in [-0.39, 0.29) is 349 Å². The fourth-order valence-corrected chi connectivity index (χ4v) is 3.13. The Morgan fingerprint density at radius 2 is 1.08 bits per heavy atom. The molecule has 4 heterocycles. The number of aromatic nitrogens is 6. The van der Waals surface area contributed by atoms with E-state index in [0.29, 0.717) is 18.7 Å². The minimum absolute atomic E-state index is 0. The van der Waals surface area contributed by atoms with Gasteiger partial charge in [-0.1, -0.05) is 44.2 Å². The number of carbonyl (C=O) groups is 2. The number of fused-ring (bicyclic) bond motifs is 1. The molecule has 72 heavy (non-hydrogen) atoms. The van der Waals surface area contributed by atoms with Crippen molar-refractivity contribution in [2.24, 2.45) is 29.8 Å². The molecule has 2 N–H and O–H groups in total. The fraction of sp³-hybridized carbons (Fsp3) is 0.314. The van der Waals surface area contributed by atoms with Gasteiger partial charge in [0.15, 0.2) is 0 Å². The Bertz CT molecular complexity index is 1680. The van der Waals surface area contributed by atoms with Crippen molar-refractivity contribution in [1.82, 2.24) is 28.5 Å². The Morgan fingerprint density at radius 1 is 0.667 bits per heavy atom. The van der Waals surface area contributed by atoms with Crippen molar-refractivity contribution in [2.75, 3.05) is 14.1 Å². The van der Waals surface area contributed by atoms with E-state index in [2.05, 4.69) is 29.5 Å². The number of nitrogens with zero attached hydrogens (tertiary/aromatic N) is 8. The number of hydrogen-bond acceptors (Lipinski definition) is 7. The zero-order valence-electron chi connectivity index (χ0n) is 49.1. The maximum Gasteiger partial charge on any atom is 2.00 e. The molecule has 0 saturated carbocycles. The van der Waals surface area contributed by atoms with Gasteiger partial charge in [-0.3, -0.25) is 9.98 Å². The van der Waals surface area contributed by atoms with E-state index in [1.807, 2.05) is 171 Å². The molecule has 11 nitrogen and oxygen atoms in total. The first-order valence-corrected chi connectivity index (χ1v) is 17.2. The first-order chi connectivity index (χ1) is 24.8. The minimum atomic E-state index is 0. The number of aryl methyl sites for hydroxylation is 3. The summed E-state index contributed by atoms with van der Waals surface area (Å²) in [4.78, 5) is 39.1. The van der Waals surface area contributed by atoms with E-state index in [1.165, 1.54) is 5.69 Å². The van der Waals surface area contributed by atoms with Gasteiger partial charge in [-0.15, -0.1) is 0 Å². The third-order valence-corrected chi connectivity index (χ3v) is 6.25. The van der Waals surface area contributed by atoms with Gasteiger partial charge >= 0.3 is 105 Å². The molecule has 401 valence electrons. The summed E-state index contributed by atoms with van der Waals surface area (Å²) in [6, 6.07) is 5.98. The third kappa shape index (κ3) is 92.9. The summed E-state index contributed by atoms with van der Waals surface area (Å²) in [5.74, 6) is 2.84. The number of nitrogens with two attached hydrogens (primary N) is 1. The maximum absolute atomic E-state index is 9.81. The second-order valence-electron chi connectivity index (χ2n) is 10.7. The van der Waals surface area contributed by atoms with Gasteiger partial charge in [0.25, 0.3) is 0 Å². The molecule has 5 radical (unpaired) electrons. The number of pyridine rings is 1. The Balaban J connectivity index is -0.0000000180. The number of amidine groups is 1. The average Bonchev–Trinajstić information content (AvgIpc) is 3.83. The van der Waals surface area contributed by atoms with Crippen molar-refractivity contribution in [2.45, 2.75) is 82.1 Å². The summed E-state index contributed by atoms with van der Waals surface area (Å²) in [7, 11) is 7.44. The van der Waals surface area contributed by atoms with Gasteiger partial charge in [-0.25, -0.2) is 15.0 Å². The summed E-state index contributed by atoms with van der Waals surface area (Å²) in [5.41, 5.74) is 9.58. The van der Waals surface area contributed by atoms with Crippen molar-refractivity contribution in [1.29, 1.82) is 0 Å². The first-order valence-electron chi connectivity index (χ1n) is 17.2. The van der Waals surface area contributed by atoms with Gasteiger partial charge in [0, 0.05) is 247 Å². The first kappa shape index (κ1) is 152. The minimum Gasteiger partial charge on any atom is -0.384 e. The standard InChI is InChI=1S/C8H8N2.C8H12N2.C7H10N2.C6H11N.C5H10N2.C4H8O.C3H6O.10CH3.5W.5Y/c1-7-6-10-5-3-2-4-8(10)9-7;1-4-5-8-9-6-7(2)10(8)3;1-3-4-7-8-5-6-9(7)2;1-4-5-6(2)7-3;1-3-4-5(6)7-2;1-3-4(2)5;1-2-3-4;;;;;;;;;;;;;;;;;;;;/h2-6H,1H3;4-6H,1-3H3;3-6H,1-2H3;4-5H,1-3H3;3-4H,1-2H3,(H2,6,7);3H2,1-2H3;3H,2H2,1H3;10*1H3;;;;;;;;;;/q;;;;;;;10*-1;5*+2;;;;;/b;5-4-;4-3-;5-4-,7-6?;4-3-;;;;;;;;;;;;;;;;;;;;;;. The molecule has 4 rings (SSSR count). The molecule has 0 bridgehead atoms. The molecule has 0 unspecified atom stereocenters. The zero-order valence-corrected chi connectivity index (χ0v) is 78.0. The van der Waals surface area contributed by atoms with Gasteiger partial charge in [0.2, 0.25) is 0 Å². The number of hydrogen-bond donors (Lipinski definition) is 1. The Hall–Kier alpha value is 3.51.